The highest BCUT2D eigenvalue weighted by Gasteiger charge is 2.21. The van der Waals surface area contributed by atoms with Gasteiger partial charge in [0.05, 0.1) is 0 Å². The molecule has 0 saturated heterocycles. The van der Waals surface area contributed by atoms with Crippen LogP contribution in [0.3, 0.4) is 0 Å². The molecular weight excluding hydrogens is 366 g/mol. The molecule has 5 rings (SSSR count). The van der Waals surface area contributed by atoms with Crippen molar-refractivity contribution in [2.24, 2.45) is 0 Å². The van der Waals surface area contributed by atoms with Crippen LogP contribution in [0.2, 0.25) is 0 Å². The van der Waals surface area contributed by atoms with Gasteiger partial charge in [-0.3, -0.25) is 0 Å². The Balaban J connectivity index is 1.75. The van der Waals surface area contributed by atoms with Crippen molar-refractivity contribution in [1.29, 1.82) is 0 Å². The number of hydrogen-bond acceptors (Lipinski definition) is 3. The maximum absolute atomic E-state index is 4.87. The molecule has 0 saturated carbocycles. The number of benzene rings is 4. The van der Waals surface area contributed by atoms with Crippen molar-refractivity contribution in [3.8, 4) is 22.8 Å². The van der Waals surface area contributed by atoms with Gasteiger partial charge in [-0.2, -0.15) is 0 Å². The maximum Gasteiger partial charge on any atom is 0.163 e. The maximum atomic E-state index is 4.87. The standard InChI is InChI=1S/C27H23N3/c1-27(2,3)26-29-24(20-10-5-4-6-11-20)28-25(30-26)21-16-15-19-14-13-18-9-7-8-12-22(18)23(19)17-21/h4-17H,1-3H3. The van der Waals surface area contributed by atoms with Gasteiger partial charge in [-0.05, 0) is 27.6 Å². The largest absolute Gasteiger partial charge is 0.212 e. The van der Waals surface area contributed by atoms with Crippen LogP contribution >= 0.6 is 0 Å². The minimum absolute atomic E-state index is 0.176. The summed E-state index contributed by atoms with van der Waals surface area (Å²) in [5, 5.41) is 4.90. The Morgan fingerprint density at radius 3 is 1.87 bits per heavy atom. The average Bonchev–Trinajstić information content (AvgIpc) is 2.78. The molecule has 0 amide bonds. The van der Waals surface area contributed by atoms with E-state index in [0.29, 0.717) is 11.6 Å². The molecule has 3 nitrogen and oxygen atoms in total. The third kappa shape index (κ3) is 3.33. The van der Waals surface area contributed by atoms with Crippen molar-refractivity contribution in [3.63, 3.8) is 0 Å². The summed E-state index contributed by atoms with van der Waals surface area (Å²) in [6.45, 7) is 6.40. The summed E-state index contributed by atoms with van der Waals surface area (Å²) >= 11 is 0. The van der Waals surface area contributed by atoms with Gasteiger partial charge in [0.2, 0.25) is 0 Å². The lowest BCUT2D eigenvalue weighted by Crippen LogP contribution is -2.18. The van der Waals surface area contributed by atoms with Crippen molar-refractivity contribution < 1.29 is 0 Å². The fourth-order valence-corrected chi connectivity index (χ4v) is 3.70. The summed E-state index contributed by atoms with van der Waals surface area (Å²) < 4.78 is 0. The molecule has 0 aliphatic carbocycles. The predicted molar refractivity (Wildman–Crippen MR) is 124 cm³/mol. The van der Waals surface area contributed by atoms with E-state index in [1.165, 1.54) is 21.5 Å². The Labute approximate surface area is 176 Å². The van der Waals surface area contributed by atoms with Crippen molar-refractivity contribution in [2.75, 3.05) is 0 Å². The van der Waals surface area contributed by atoms with E-state index in [2.05, 4.69) is 75.4 Å². The van der Waals surface area contributed by atoms with Crippen LogP contribution in [-0.2, 0) is 5.41 Å². The van der Waals surface area contributed by atoms with Gasteiger partial charge in [0.25, 0.3) is 0 Å². The van der Waals surface area contributed by atoms with Crippen LogP contribution in [0.15, 0.2) is 84.9 Å². The van der Waals surface area contributed by atoms with E-state index in [9.17, 15) is 0 Å². The summed E-state index contributed by atoms with van der Waals surface area (Å²) in [5.41, 5.74) is 1.83. The normalized spacial score (nSPS) is 11.8. The molecule has 0 aliphatic rings. The highest BCUT2D eigenvalue weighted by atomic mass is 15.0. The molecule has 0 fully saturated rings. The SMILES string of the molecule is CC(C)(C)c1nc(-c2ccccc2)nc(-c2ccc3ccc4ccccc4c3c2)n1. The topological polar surface area (TPSA) is 38.7 Å². The van der Waals surface area contributed by atoms with E-state index in [-0.39, 0.29) is 5.41 Å². The van der Waals surface area contributed by atoms with E-state index in [1.54, 1.807) is 0 Å². The molecule has 0 radical (unpaired) electrons. The Kier molecular flexibility index (Phi) is 4.32. The fourth-order valence-electron chi connectivity index (χ4n) is 3.70. The monoisotopic (exact) mass is 389 g/mol. The number of nitrogens with zero attached hydrogens (tertiary/aromatic N) is 3. The lowest BCUT2D eigenvalue weighted by Gasteiger charge is -2.18. The average molecular weight is 390 g/mol. The van der Waals surface area contributed by atoms with E-state index >= 15 is 0 Å². The molecule has 0 atom stereocenters. The molecule has 4 aromatic carbocycles. The minimum Gasteiger partial charge on any atom is -0.212 e. The number of hydrogen-bond donors (Lipinski definition) is 0. The Bertz CT molecular complexity index is 1370. The Morgan fingerprint density at radius 2 is 1.13 bits per heavy atom. The van der Waals surface area contributed by atoms with E-state index in [4.69, 9.17) is 15.0 Å². The molecular formula is C27H23N3. The summed E-state index contributed by atoms with van der Waals surface area (Å²) in [5.74, 6) is 2.22. The highest BCUT2D eigenvalue weighted by Crippen LogP contribution is 2.30. The summed E-state index contributed by atoms with van der Waals surface area (Å²) in [6, 6.07) is 29.4. The van der Waals surface area contributed by atoms with Crippen LogP contribution in [0.25, 0.3) is 44.3 Å². The van der Waals surface area contributed by atoms with Gasteiger partial charge >= 0.3 is 0 Å². The quantitative estimate of drug-likeness (QED) is 0.311. The van der Waals surface area contributed by atoms with Crippen LogP contribution in [0.1, 0.15) is 26.6 Å². The molecule has 1 heterocycles. The van der Waals surface area contributed by atoms with E-state index in [1.807, 2.05) is 30.3 Å². The minimum atomic E-state index is -0.176. The molecule has 0 bridgehead atoms. The van der Waals surface area contributed by atoms with E-state index in [0.717, 1.165) is 17.0 Å². The number of aromatic nitrogens is 3. The summed E-state index contributed by atoms with van der Waals surface area (Å²) in [6.07, 6.45) is 0. The third-order valence-electron chi connectivity index (χ3n) is 5.34. The second-order valence-corrected chi connectivity index (χ2v) is 8.64. The molecule has 146 valence electrons. The lowest BCUT2D eigenvalue weighted by molar-refractivity contribution is 0.543. The van der Waals surface area contributed by atoms with Gasteiger partial charge in [0.1, 0.15) is 5.82 Å². The second-order valence-electron chi connectivity index (χ2n) is 8.64. The first-order valence-electron chi connectivity index (χ1n) is 10.2. The predicted octanol–water partition coefficient (Wildman–Crippen LogP) is 6.81. The van der Waals surface area contributed by atoms with Crippen LogP contribution in [0.5, 0.6) is 0 Å². The zero-order valence-electron chi connectivity index (χ0n) is 17.4. The Morgan fingerprint density at radius 1 is 0.533 bits per heavy atom. The first-order chi connectivity index (χ1) is 14.5. The number of fused-ring (bicyclic) bond motifs is 3. The fraction of sp³-hybridized carbons (Fsp3) is 0.148. The van der Waals surface area contributed by atoms with Crippen LogP contribution < -0.4 is 0 Å². The summed E-state index contributed by atoms with van der Waals surface area (Å²) in [7, 11) is 0. The van der Waals surface area contributed by atoms with Gasteiger partial charge in [-0.15, -0.1) is 0 Å². The number of rotatable bonds is 2. The first-order valence-corrected chi connectivity index (χ1v) is 10.2. The van der Waals surface area contributed by atoms with Gasteiger partial charge in [-0.25, -0.2) is 15.0 Å². The molecule has 0 spiro atoms. The molecule has 3 heteroatoms. The van der Waals surface area contributed by atoms with Crippen molar-refractivity contribution >= 4 is 21.5 Å². The van der Waals surface area contributed by atoms with Gasteiger partial charge in [-0.1, -0.05) is 99.6 Å². The van der Waals surface area contributed by atoms with Crippen molar-refractivity contribution in [3.05, 3.63) is 90.8 Å². The Hall–Kier alpha value is -3.59. The van der Waals surface area contributed by atoms with Gasteiger partial charge < -0.3 is 0 Å². The lowest BCUT2D eigenvalue weighted by atomic mass is 9.95. The van der Waals surface area contributed by atoms with Crippen LogP contribution in [0.4, 0.5) is 0 Å². The van der Waals surface area contributed by atoms with Crippen molar-refractivity contribution in [1.82, 2.24) is 15.0 Å². The van der Waals surface area contributed by atoms with Crippen molar-refractivity contribution in [2.45, 2.75) is 26.2 Å². The van der Waals surface area contributed by atoms with Gasteiger partial charge in [0.15, 0.2) is 11.6 Å². The molecule has 0 aliphatic heterocycles. The molecule has 0 N–H and O–H groups in total. The van der Waals surface area contributed by atoms with Crippen LogP contribution in [-0.4, -0.2) is 15.0 Å². The third-order valence-corrected chi connectivity index (χ3v) is 5.34. The molecule has 1 aromatic heterocycles. The highest BCUT2D eigenvalue weighted by molar-refractivity contribution is 6.08. The first kappa shape index (κ1) is 18.4. The second kappa shape index (κ2) is 7.03. The smallest absolute Gasteiger partial charge is 0.163 e. The van der Waals surface area contributed by atoms with Gasteiger partial charge in [0, 0.05) is 16.5 Å². The molecule has 5 aromatic rings. The molecule has 30 heavy (non-hydrogen) atoms. The molecule has 0 unspecified atom stereocenters. The summed E-state index contributed by atoms with van der Waals surface area (Å²) in [4.78, 5) is 14.5. The van der Waals surface area contributed by atoms with Crippen LogP contribution in [0, 0.1) is 0 Å². The zero-order valence-corrected chi connectivity index (χ0v) is 17.4. The van der Waals surface area contributed by atoms with E-state index < -0.39 is 0 Å². The zero-order chi connectivity index (χ0) is 20.7.